The molecule has 4 heteroatoms. The van der Waals surface area contributed by atoms with E-state index in [1.807, 2.05) is 4.93 Å². The van der Waals surface area contributed by atoms with Crippen LogP contribution in [0.2, 0.25) is 0 Å². The Morgan fingerprint density at radius 2 is 2.00 bits per heavy atom. The van der Waals surface area contributed by atoms with Crippen LogP contribution in [0.3, 0.4) is 0 Å². The van der Waals surface area contributed by atoms with Gasteiger partial charge in [-0.3, -0.25) is 0 Å². The third kappa shape index (κ3) is 3.64. The van der Waals surface area contributed by atoms with Crippen LogP contribution in [-0.2, 0) is 4.74 Å². The van der Waals surface area contributed by atoms with Crippen molar-refractivity contribution in [1.29, 1.82) is 0 Å². The summed E-state index contributed by atoms with van der Waals surface area (Å²) in [6.07, 6.45) is 5.14. The largest absolute Gasteiger partial charge is 0.380 e. The maximum Gasteiger partial charge on any atom is 0.0632 e. The molecule has 0 bridgehead atoms. The molecule has 0 radical (unpaired) electrons. The summed E-state index contributed by atoms with van der Waals surface area (Å²) in [5.74, 6) is 0. The van der Waals surface area contributed by atoms with Crippen molar-refractivity contribution < 1.29 is 4.74 Å². The Morgan fingerprint density at radius 1 is 1.29 bits per heavy atom. The fourth-order valence-corrected chi connectivity index (χ4v) is 1.84. The Kier molecular flexibility index (Phi) is 6.32. The minimum atomic E-state index is 0.208. The number of halogens is 1. The molecule has 14 heavy (non-hydrogen) atoms. The molecule has 3 nitrogen and oxygen atoms in total. The summed E-state index contributed by atoms with van der Waals surface area (Å²) >= 11 is 2.15. The number of hydrogen-bond acceptors (Lipinski definition) is 3. The van der Waals surface area contributed by atoms with Gasteiger partial charge < -0.3 is 15.8 Å². The average molecular weight is 312 g/mol. The van der Waals surface area contributed by atoms with E-state index in [0.29, 0.717) is 6.04 Å². The Bertz CT molecular complexity index is 153. The van der Waals surface area contributed by atoms with Crippen LogP contribution in [-0.4, -0.2) is 36.3 Å². The molecule has 0 aromatic heterocycles. The standard InChI is InChI=1S/C9H18N2O.CH3I/c10-8-6-12-5-4-9(8)11-7-2-1-3-7;1-2/h7-9,11H,1-6,10H2;1H3/t8-,9-;/m1./s1. The number of alkyl halides is 1. The van der Waals surface area contributed by atoms with E-state index in [0.717, 1.165) is 25.7 Å². The Labute approximate surface area is 100 Å². The molecule has 1 aliphatic heterocycles. The van der Waals surface area contributed by atoms with Crippen molar-refractivity contribution in [2.45, 2.75) is 43.8 Å². The fraction of sp³-hybridized carbons (Fsp3) is 1.00. The lowest BCUT2D eigenvalue weighted by Crippen LogP contribution is -2.55. The molecule has 84 valence electrons. The Hall–Kier alpha value is 0.610. The maximum atomic E-state index is 5.92. The van der Waals surface area contributed by atoms with Gasteiger partial charge in [-0.25, -0.2) is 0 Å². The molecule has 0 unspecified atom stereocenters. The summed E-state index contributed by atoms with van der Waals surface area (Å²) < 4.78 is 5.28. The summed E-state index contributed by atoms with van der Waals surface area (Å²) in [7, 11) is 0. The predicted octanol–water partition coefficient (Wildman–Crippen LogP) is 1.30. The van der Waals surface area contributed by atoms with Crippen molar-refractivity contribution in [3.63, 3.8) is 0 Å². The maximum absolute atomic E-state index is 5.92. The Balaban J connectivity index is 0.000000461. The summed E-state index contributed by atoms with van der Waals surface area (Å²) in [6, 6.07) is 1.46. The minimum Gasteiger partial charge on any atom is -0.380 e. The van der Waals surface area contributed by atoms with Crippen LogP contribution in [0.15, 0.2) is 0 Å². The van der Waals surface area contributed by atoms with Crippen LogP contribution in [0, 0.1) is 0 Å². The van der Waals surface area contributed by atoms with Crippen LogP contribution in [0.4, 0.5) is 0 Å². The molecule has 0 amide bonds. The van der Waals surface area contributed by atoms with E-state index >= 15 is 0 Å². The highest BCUT2D eigenvalue weighted by Crippen LogP contribution is 2.20. The first-order valence-electron chi connectivity index (χ1n) is 5.33. The average Bonchev–Trinajstić information content (AvgIpc) is 2.17. The second-order valence-electron chi connectivity index (χ2n) is 3.93. The van der Waals surface area contributed by atoms with Crippen molar-refractivity contribution in [2.24, 2.45) is 5.73 Å². The van der Waals surface area contributed by atoms with Gasteiger partial charge >= 0.3 is 0 Å². The second-order valence-corrected chi connectivity index (χ2v) is 3.93. The van der Waals surface area contributed by atoms with Gasteiger partial charge in [-0.2, -0.15) is 0 Å². The first-order chi connectivity index (χ1) is 6.86. The molecule has 1 saturated heterocycles. The smallest absolute Gasteiger partial charge is 0.0632 e. The second kappa shape index (κ2) is 6.98. The highest BCUT2D eigenvalue weighted by atomic mass is 127. The van der Waals surface area contributed by atoms with Crippen LogP contribution in [0.25, 0.3) is 0 Å². The van der Waals surface area contributed by atoms with Crippen LogP contribution in [0.5, 0.6) is 0 Å². The number of nitrogens with one attached hydrogen (secondary N) is 1. The highest BCUT2D eigenvalue weighted by molar-refractivity contribution is 14.1. The van der Waals surface area contributed by atoms with E-state index < -0.39 is 0 Å². The number of ether oxygens (including phenoxy) is 1. The molecule has 1 saturated carbocycles. The van der Waals surface area contributed by atoms with Crippen LogP contribution < -0.4 is 11.1 Å². The third-order valence-corrected chi connectivity index (χ3v) is 2.96. The first-order valence-corrected chi connectivity index (χ1v) is 7.49. The van der Waals surface area contributed by atoms with Crippen LogP contribution in [0.1, 0.15) is 25.7 Å². The lowest BCUT2D eigenvalue weighted by Gasteiger charge is -2.36. The van der Waals surface area contributed by atoms with Gasteiger partial charge in [0.2, 0.25) is 0 Å². The predicted molar refractivity (Wildman–Crippen MR) is 67.9 cm³/mol. The Morgan fingerprint density at radius 3 is 2.50 bits per heavy atom. The molecule has 0 aromatic carbocycles. The van der Waals surface area contributed by atoms with Gasteiger partial charge in [-0.15, -0.1) is 0 Å². The quantitative estimate of drug-likeness (QED) is 0.597. The summed E-state index contributed by atoms with van der Waals surface area (Å²) in [4.78, 5) is 1.97. The lowest BCUT2D eigenvalue weighted by molar-refractivity contribution is 0.0552. The van der Waals surface area contributed by atoms with Gasteiger partial charge in [0, 0.05) is 24.7 Å². The molecule has 2 aliphatic rings. The van der Waals surface area contributed by atoms with Gasteiger partial charge in [0.05, 0.1) is 6.61 Å². The van der Waals surface area contributed by atoms with Gasteiger partial charge in [0.1, 0.15) is 0 Å². The summed E-state index contributed by atoms with van der Waals surface area (Å²) in [5.41, 5.74) is 5.92. The van der Waals surface area contributed by atoms with Crippen molar-refractivity contribution in [2.75, 3.05) is 18.1 Å². The van der Waals surface area contributed by atoms with E-state index in [9.17, 15) is 0 Å². The van der Waals surface area contributed by atoms with E-state index in [1.54, 1.807) is 0 Å². The van der Waals surface area contributed by atoms with Gasteiger partial charge in [-0.05, 0) is 24.2 Å². The molecule has 1 aliphatic carbocycles. The first kappa shape index (κ1) is 12.7. The molecule has 0 spiro atoms. The molecule has 2 fully saturated rings. The minimum absolute atomic E-state index is 0.208. The van der Waals surface area contributed by atoms with E-state index in [1.165, 1.54) is 19.3 Å². The molecule has 2 atom stereocenters. The molecular weight excluding hydrogens is 291 g/mol. The molecule has 0 aromatic rings. The van der Waals surface area contributed by atoms with Crippen molar-refractivity contribution in [1.82, 2.24) is 5.32 Å². The van der Waals surface area contributed by atoms with Gasteiger partial charge in [-0.1, -0.05) is 29.0 Å². The van der Waals surface area contributed by atoms with E-state index in [4.69, 9.17) is 10.5 Å². The highest BCUT2D eigenvalue weighted by Gasteiger charge is 2.26. The molecule has 1 heterocycles. The zero-order chi connectivity index (χ0) is 10.4. The number of hydrogen-bond donors (Lipinski definition) is 2. The molecule has 2 rings (SSSR count). The topological polar surface area (TPSA) is 47.3 Å². The lowest BCUT2D eigenvalue weighted by atomic mass is 9.91. The normalized spacial score (nSPS) is 32.8. The monoisotopic (exact) mass is 312 g/mol. The zero-order valence-electron chi connectivity index (χ0n) is 8.84. The number of nitrogens with two attached hydrogens (primary N) is 1. The summed E-state index contributed by atoms with van der Waals surface area (Å²) in [6.45, 7) is 1.60. The SMILES string of the molecule is CI.N[C@@H]1COCC[C@H]1NC1CCC1. The van der Waals surface area contributed by atoms with Crippen LogP contribution >= 0.6 is 22.6 Å². The summed E-state index contributed by atoms with van der Waals surface area (Å²) in [5, 5.41) is 3.60. The van der Waals surface area contributed by atoms with Crippen molar-refractivity contribution in [3.05, 3.63) is 0 Å². The van der Waals surface area contributed by atoms with E-state index in [-0.39, 0.29) is 6.04 Å². The third-order valence-electron chi connectivity index (χ3n) is 2.96. The van der Waals surface area contributed by atoms with Gasteiger partial charge in [0.25, 0.3) is 0 Å². The van der Waals surface area contributed by atoms with Crippen molar-refractivity contribution in [3.8, 4) is 0 Å². The van der Waals surface area contributed by atoms with E-state index in [2.05, 4.69) is 27.9 Å². The zero-order valence-corrected chi connectivity index (χ0v) is 11.0. The fourth-order valence-electron chi connectivity index (χ4n) is 1.84. The van der Waals surface area contributed by atoms with Gasteiger partial charge in [0.15, 0.2) is 0 Å². The number of rotatable bonds is 2. The molecular formula is C10H21IN2O. The molecule has 3 N–H and O–H groups in total. The van der Waals surface area contributed by atoms with Crippen molar-refractivity contribution >= 4 is 22.6 Å².